The fourth-order valence-corrected chi connectivity index (χ4v) is 2.54. The average Bonchev–Trinajstić information content (AvgIpc) is 2.96. The van der Waals surface area contributed by atoms with Gasteiger partial charge in [-0.25, -0.2) is 4.98 Å². The summed E-state index contributed by atoms with van der Waals surface area (Å²) in [6.45, 7) is 6.88. The average molecular weight is 272 g/mol. The Hall–Kier alpha value is -1.77. The maximum absolute atomic E-state index is 5.93. The molecule has 2 aromatic rings. The molecule has 0 amide bonds. The number of hydrogen-bond acceptors (Lipinski definition) is 2. The van der Waals surface area contributed by atoms with Gasteiger partial charge in [0.1, 0.15) is 5.75 Å². The minimum atomic E-state index is 0.595. The molecular weight excluding hydrogens is 248 g/mol. The number of fused-ring (bicyclic) bond motifs is 1. The predicted octanol–water partition coefficient (Wildman–Crippen LogP) is 3.93. The van der Waals surface area contributed by atoms with Gasteiger partial charge in [-0.1, -0.05) is 32.0 Å². The molecule has 1 unspecified atom stereocenters. The van der Waals surface area contributed by atoms with E-state index in [9.17, 15) is 0 Å². The van der Waals surface area contributed by atoms with E-state index in [-0.39, 0.29) is 0 Å². The van der Waals surface area contributed by atoms with E-state index in [4.69, 9.17) is 4.74 Å². The fraction of sp³-hybridized carbons (Fsp3) is 0.471. The zero-order valence-corrected chi connectivity index (χ0v) is 12.6. The first-order valence-corrected chi connectivity index (χ1v) is 7.52. The van der Waals surface area contributed by atoms with Gasteiger partial charge in [0.05, 0.1) is 18.6 Å². The summed E-state index contributed by atoms with van der Waals surface area (Å²) in [5, 5.41) is 0. The van der Waals surface area contributed by atoms with Crippen molar-refractivity contribution in [2.75, 3.05) is 6.61 Å². The molecule has 1 aliphatic rings. The second kappa shape index (κ2) is 7.13. The number of hydrogen-bond donors (Lipinski definition) is 1. The summed E-state index contributed by atoms with van der Waals surface area (Å²) >= 11 is 0. The molecule has 1 heterocycles. The van der Waals surface area contributed by atoms with Crippen molar-refractivity contribution in [3.05, 3.63) is 47.5 Å². The van der Waals surface area contributed by atoms with Gasteiger partial charge >= 0.3 is 0 Å². The molecule has 1 aromatic heterocycles. The molecule has 1 atom stereocenters. The molecule has 20 heavy (non-hydrogen) atoms. The predicted molar refractivity (Wildman–Crippen MR) is 82.1 cm³/mol. The summed E-state index contributed by atoms with van der Waals surface area (Å²) in [6.07, 6.45) is 5.10. The lowest BCUT2D eigenvalue weighted by Gasteiger charge is -2.22. The highest BCUT2D eigenvalue weighted by molar-refractivity contribution is 5.31. The molecule has 1 aliphatic carbocycles. The molecule has 3 rings (SSSR count). The number of aryl methyl sites for hydroxylation is 2. The Morgan fingerprint density at radius 2 is 2.10 bits per heavy atom. The molecule has 0 saturated heterocycles. The molecule has 3 nitrogen and oxygen atoms in total. The molecule has 0 radical (unpaired) electrons. The number of para-hydroxylation sites is 1. The van der Waals surface area contributed by atoms with E-state index < -0.39 is 0 Å². The number of rotatable bonds is 3. The Labute approximate surface area is 121 Å². The Morgan fingerprint density at radius 3 is 2.90 bits per heavy atom. The smallest absolute Gasteiger partial charge is 0.122 e. The number of benzene rings is 1. The van der Waals surface area contributed by atoms with Gasteiger partial charge in [-0.2, -0.15) is 0 Å². The molecule has 0 bridgehead atoms. The monoisotopic (exact) mass is 272 g/mol. The van der Waals surface area contributed by atoms with Gasteiger partial charge in [-0.05, 0) is 43.7 Å². The van der Waals surface area contributed by atoms with Crippen LogP contribution in [0.4, 0.5) is 0 Å². The minimum absolute atomic E-state index is 0.595. The lowest BCUT2D eigenvalue weighted by Crippen LogP contribution is -2.20. The number of H-pyrrole nitrogens is 1. The minimum Gasteiger partial charge on any atom is -0.493 e. The van der Waals surface area contributed by atoms with E-state index in [0.29, 0.717) is 5.92 Å². The van der Waals surface area contributed by atoms with Crippen LogP contribution in [-0.4, -0.2) is 16.6 Å². The van der Waals surface area contributed by atoms with Crippen molar-refractivity contribution in [3.63, 3.8) is 0 Å². The van der Waals surface area contributed by atoms with Crippen LogP contribution in [0.5, 0.6) is 5.75 Å². The van der Waals surface area contributed by atoms with Crippen LogP contribution in [-0.2, 0) is 12.8 Å². The third-order valence-electron chi connectivity index (χ3n) is 3.66. The zero-order chi connectivity index (χ0) is 14.4. The third-order valence-corrected chi connectivity index (χ3v) is 3.66. The number of nitrogens with zero attached hydrogens (tertiary/aromatic N) is 1. The molecule has 108 valence electrons. The third kappa shape index (κ3) is 3.41. The number of aromatic nitrogens is 2. The zero-order valence-electron chi connectivity index (χ0n) is 12.6. The fourth-order valence-electron chi connectivity index (χ4n) is 2.54. The van der Waals surface area contributed by atoms with Crippen molar-refractivity contribution in [2.45, 2.75) is 40.0 Å². The number of aromatic amines is 1. The number of ether oxygens (including phenoxy) is 1. The Bertz CT molecular complexity index is 533. The summed E-state index contributed by atoms with van der Waals surface area (Å²) in [4.78, 5) is 7.56. The highest BCUT2D eigenvalue weighted by Gasteiger charge is 2.21. The van der Waals surface area contributed by atoms with E-state index in [1.807, 2.05) is 32.0 Å². The van der Waals surface area contributed by atoms with Gasteiger partial charge in [0.15, 0.2) is 0 Å². The summed E-state index contributed by atoms with van der Waals surface area (Å²) < 4.78 is 5.93. The van der Waals surface area contributed by atoms with Gasteiger partial charge in [-0.15, -0.1) is 0 Å². The molecule has 0 fully saturated rings. The van der Waals surface area contributed by atoms with Crippen molar-refractivity contribution in [3.8, 4) is 5.75 Å². The van der Waals surface area contributed by atoms with E-state index in [1.54, 1.807) is 6.33 Å². The molecule has 0 spiro atoms. The second-order valence-electron chi connectivity index (χ2n) is 5.01. The first-order valence-electron chi connectivity index (χ1n) is 7.52. The van der Waals surface area contributed by atoms with Gasteiger partial charge in [0, 0.05) is 5.69 Å². The van der Waals surface area contributed by atoms with Crippen LogP contribution in [0.1, 0.15) is 37.2 Å². The topological polar surface area (TPSA) is 37.9 Å². The first-order chi connectivity index (χ1) is 9.83. The van der Waals surface area contributed by atoms with E-state index in [1.165, 1.54) is 23.4 Å². The van der Waals surface area contributed by atoms with Crippen molar-refractivity contribution >= 4 is 0 Å². The lowest BCUT2D eigenvalue weighted by molar-refractivity contribution is 0.231. The molecular formula is C17H24N2O. The largest absolute Gasteiger partial charge is 0.493 e. The van der Waals surface area contributed by atoms with Crippen molar-refractivity contribution in [2.24, 2.45) is 5.92 Å². The van der Waals surface area contributed by atoms with Crippen LogP contribution in [0.25, 0.3) is 0 Å². The number of nitrogens with one attached hydrogen (secondary N) is 1. The summed E-state index contributed by atoms with van der Waals surface area (Å²) in [6, 6.07) is 8.19. The Balaban J connectivity index is 0.000000704. The van der Waals surface area contributed by atoms with Crippen LogP contribution in [0.3, 0.4) is 0 Å². The standard InChI is InChI=1S/C15H18N2O.C2H6/c1-11-4-2-3-5-15(11)18-9-12-6-7-13-14(8-12)17-10-16-13;1-2/h2-5,10,12H,6-9H2,1H3,(H,16,17);1-2H3. The van der Waals surface area contributed by atoms with Crippen LogP contribution < -0.4 is 4.74 Å². The van der Waals surface area contributed by atoms with Crippen molar-refractivity contribution < 1.29 is 4.74 Å². The van der Waals surface area contributed by atoms with Gasteiger partial charge in [0.25, 0.3) is 0 Å². The SMILES string of the molecule is CC.Cc1ccccc1OCC1CCc2nc[nH]c2C1. The summed E-state index contributed by atoms with van der Waals surface area (Å²) in [7, 11) is 0. The quantitative estimate of drug-likeness (QED) is 0.919. The Kier molecular flexibility index (Phi) is 5.22. The summed E-state index contributed by atoms with van der Waals surface area (Å²) in [5.74, 6) is 1.60. The first kappa shape index (κ1) is 14.6. The van der Waals surface area contributed by atoms with Crippen molar-refractivity contribution in [1.29, 1.82) is 0 Å². The van der Waals surface area contributed by atoms with E-state index in [0.717, 1.165) is 25.2 Å². The molecule has 1 aromatic carbocycles. The molecule has 0 saturated carbocycles. The number of imidazole rings is 1. The van der Waals surface area contributed by atoms with Gasteiger partial charge in [-0.3, -0.25) is 0 Å². The molecule has 3 heteroatoms. The van der Waals surface area contributed by atoms with E-state index in [2.05, 4.69) is 23.0 Å². The maximum Gasteiger partial charge on any atom is 0.122 e. The highest BCUT2D eigenvalue weighted by atomic mass is 16.5. The van der Waals surface area contributed by atoms with Gasteiger partial charge in [0.2, 0.25) is 0 Å². The van der Waals surface area contributed by atoms with Crippen LogP contribution in [0.2, 0.25) is 0 Å². The van der Waals surface area contributed by atoms with Crippen molar-refractivity contribution in [1.82, 2.24) is 9.97 Å². The van der Waals surface area contributed by atoms with E-state index >= 15 is 0 Å². The van der Waals surface area contributed by atoms with Crippen LogP contribution >= 0.6 is 0 Å². The highest BCUT2D eigenvalue weighted by Crippen LogP contribution is 2.24. The summed E-state index contributed by atoms with van der Waals surface area (Å²) in [5.41, 5.74) is 3.73. The molecule has 0 aliphatic heterocycles. The van der Waals surface area contributed by atoms with Crippen LogP contribution in [0.15, 0.2) is 30.6 Å². The van der Waals surface area contributed by atoms with Gasteiger partial charge < -0.3 is 9.72 Å². The second-order valence-corrected chi connectivity index (χ2v) is 5.01. The Morgan fingerprint density at radius 1 is 1.30 bits per heavy atom. The van der Waals surface area contributed by atoms with Crippen LogP contribution in [0, 0.1) is 12.8 Å². The maximum atomic E-state index is 5.93. The lowest BCUT2D eigenvalue weighted by atomic mass is 9.90. The molecule has 1 N–H and O–H groups in total. The normalized spacial score (nSPS) is 16.9.